The third-order valence-electron chi connectivity index (χ3n) is 5.43. The number of nitrogens with zero attached hydrogens (tertiary/aromatic N) is 1. The van der Waals surface area contributed by atoms with Crippen molar-refractivity contribution in [3.8, 4) is 11.5 Å². The average Bonchev–Trinajstić information content (AvgIpc) is 2.86. The predicted molar refractivity (Wildman–Crippen MR) is 122 cm³/mol. The first-order chi connectivity index (χ1) is 17.5. The summed E-state index contributed by atoms with van der Waals surface area (Å²) in [5.74, 6) is 0.958. The summed E-state index contributed by atoms with van der Waals surface area (Å²) in [7, 11) is 2.93. The first-order valence-corrected chi connectivity index (χ1v) is 10.9. The highest BCUT2D eigenvalue weighted by Gasteiger charge is 2.37. The van der Waals surface area contributed by atoms with Gasteiger partial charge in [0, 0.05) is 12.7 Å². The van der Waals surface area contributed by atoms with Crippen molar-refractivity contribution in [2.75, 3.05) is 20.8 Å². The van der Waals surface area contributed by atoms with Crippen LogP contribution in [-0.2, 0) is 18.8 Å². The summed E-state index contributed by atoms with van der Waals surface area (Å²) in [5, 5.41) is 4.96. The summed E-state index contributed by atoms with van der Waals surface area (Å²) in [6.45, 7) is 0.0729. The minimum atomic E-state index is -4.81. The third-order valence-corrected chi connectivity index (χ3v) is 5.43. The van der Waals surface area contributed by atoms with Crippen LogP contribution in [0.5, 0.6) is 11.5 Å². The summed E-state index contributed by atoms with van der Waals surface area (Å²) in [5.41, 5.74) is -1.96. The Labute approximate surface area is 208 Å². The number of alkyl halides is 6. The first kappa shape index (κ1) is 27.6. The molecule has 0 saturated heterocycles. The monoisotopic (exact) mass is 527 g/mol. The zero-order valence-electron chi connectivity index (χ0n) is 19.7. The summed E-state index contributed by atoms with van der Waals surface area (Å²) < 4.78 is 90.6. The van der Waals surface area contributed by atoms with Crippen molar-refractivity contribution in [1.82, 2.24) is 15.6 Å². The Morgan fingerprint density at radius 1 is 0.919 bits per heavy atom. The molecule has 3 rings (SSSR count). The molecule has 1 unspecified atom stereocenters. The van der Waals surface area contributed by atoms with Gasteiger partial charge in [0.05, 0.1) is 37.1 Å². The normalized spacial score (nSPS) is 12.5. The van der Waals surface area contributed by atoms with Crippen molar-refractivity contribution in [2.24, 2.45) is 0 Å². The molecule has 2 amide bonds. The summed E-state index contributed by atoms with van der Waals surface area (Å²) >= 11 is 0. The predicted octanol–water partition coefficient (Wildman–Crippen LogP) is 5.77. The van der Waals surface area contributed by atoms with Gasteiger partial charge in [-0.1, -0.05) is 24.3 Å². The van der Waals surface area contributed by atoms with Crippen molar-refractivity contribution in [1.29, 1.82) is 0 Å². The number of carbonyl (C=O) groups is 1. The number of pyridine rings is 1. The van der Waals surface area contributed by atoms with E-state index >= 15 is 0 Å². The lowest BCUT2D eigenvalue weighted by molar-refractivity contribution is -0.139. The van der Waals surface area contributed by atoms with E-state index in [4.69, 9.17) is 9.47 Å². The second-order valence-electron chi connectivity index (χ2n) is 7.79. The number of hydrogen-bond donors (Lipinski definition) is 2. The van der Waals surface area contributed by atoms with Gasteiger partial charge in [0.25, 0.3) is 0 Å². The Morgan fingerprint density at radius 3 is 2.22 bits per heavy atom. The highest BCUT2D eigenvalue weighted by Crippen LogP contribution is 2.36. The number of para-hydroxylation sites is 1. The number of hydrogen-bond acceptors (Lipinski definition) is 4. The van der Waals surface area contributed by atoms with E-state index in [1.165, 1.54) is 14.2 Å². The van der Waals surface area contributed by atoms with E-state index in [2.05, 4.69) is 15.6 Å². The molecule has 12 heteroatoms. The number of halogens is 6. The SMILES string of the molecule is COc1cccc(CCNC(=O)NC(c2ccc(C(F)(F)F)cc2)c2ncccc2C(F)(F)F)c1OC. The van der Waals surface area contributed by atoms with Gasteiger partial charge >= 0.3 is 18.4 Å². The molecule has 0 spiro atoms. The molecule has 1 atom stereocenters. The van der Waals surface area contributed by atoms with Crippen LogP contribution < -0.4 is 20.1 Å². The van der Waals surface area contributed by atoms with Crippen LogP contribution in [0.1, 0.15) is 34.0 Å². The molecule has 0 fully saturated rings. The molecular formula is C25H23F6N3O3. The second kappa shape index (κ2) is 11.4. The number of carbonyl (C=O) groups excluding carboxylic acids is 1. The maximum absolute atomic E-state index is 13.7. The van der Waals surface area contributed by atoms with Crippen LogP contribution in [0.15, 0.2) is 60.8 Å². The number of ether oxygens (including phenoxy) is 2. The van der Waals surface area contributed by atoms with Gasteiger partial charge in [0.1, 0.15) is 0 Å². The number of rotatable bonds is 8. The fourth-order valence-corrected chi connectivity index (χ4v) is 3.70. The Balaban J connectivity index is 1.84. The highest BCUT2D eigenvalue weighted by molar-refractivity contribution is 5.75. The molecule has 6 nitrogen and oxygen atoms in total. The maximum atomic E-state index is 13.7. The summed E-state index contributed by atoms with van der Waals surface area (Å²) in [6, 6.07) is 8.20. The van der Waals surface area contributed by atoms with Gasteiger partial charge in [-0.15, -0.1) is 0 Å². The standard InChI is InChI=1S/C25H23F6N3O3/c1-36-19-7-3-5-16(22(19)37-2)12-14-33-23(35)34-20(15-8-10-17(11-9-15)24(26,27)28)21-18(25(29,30)31)6-4-13-32-21/h3-11,13,20H,12,14H2,1-2H3,(H2,33,34,35). The van der Waals surface area contributed by atoms with Gasteiger partial charge in [-0.25, -0.2) is 4.79 Å². The minimum Gasteiger partial charge on any atom is -0.493 e. The van der Waals surface area contributed by atoms with Crippen molar-refractivity contribution >= 4 is 6.03 Å². The van der Waals surface area contributed by atoms with Gasteiger partial charge in [0.15, 0.2) is 11.5 Å². The number of benzene rings is 2. The molecule has 0 bridgehead atoms. The topological polar surface area (TPSA) is 72.5 Å². The zero-order valence-corrected chi connectivity index (χ0v) is 19.7. The minimum absolute atomic E-state index is 0.0122. The highest BCUT2D eigenvalue weighted by atomic mass is 19.4. The van der Waals surface area contributed by atoms with E-state index in [-0.39, 0.29) is 12.1 Å². The molecule has 3 aromatic rings. The smallest absolute Gasteiger partial charge is 0.418 e. The quantitative estimate of drug-likeness (QED) is 0.365. The van der Waals surface area contributed by atoms with Crippen molar-refractivity contribution in [3.63, 3.8) is 0 Å². The summed E-state index contributed by atoms with van der Waals surface area (Å²) in [6.07, 6.45) is -8.04. The molecule has 1 heterocycles. The van der Waals surface area contributed by atoms with Crippen molar-refractivity contribution in [2.45, 2.75) is 24.8 Å². The third kappa shape index (κ3) is 6.83. The lowest BCUT2D eigenvalue weighted by atomic mass is 9.98. The number of methoxy groups -OCH3 is 2. The van der Waals surface area contributed by atoms with E-state index in [0.29, 0.717) is 23.5 Å². The van der Waals surface area contributed by atoms with Crippen LogP contribution in [-0.4, -0.2) is 31.8 Å². The largest absolute Gasteiger partial charge is 0.493 e. The number of aromatic nitrogens is 1. The lowest BCUT2D eigenvalue weighted by Crippen LogP contribution is -2.40. The van der Waals surface area contributed by atoms with E-state index < -0.39 is 41.2 Å². The van der Waals surface area contributed by atoms with Crippen LogP contribution in [0.3, 0.4) is 0 Å². The van der Waals surface area contributed by atoms with Crippen LogP contribution in [0.4, 0.5) is 31.1 Å². The molecule has 0 aliphatic rings. The number of urea groups is 1. The molecule has 0 aliphatic carbocycles. The van der Waals surface area contributed by atoms with Crippen molar-refractivity contribution in [3.05, 3.63) is 88.7 Å². The van der Waals surface area contributed by atoms with Gasteiger partial charge in [-0.2, -0.15) is 26.3 Å². The Morgan fingerprint density at radius 2 is 1.62 bits per heavy atom. The first-order valence-electron chi connectivity index (χ1n) is 10.9. The molecule has 1 aromatic heterocycles. The van der Waals surface area contributed by atoms with E-state index in [1.54, 1.807) is 18.2 Å². The molecular weight excluding hydrogens is 504 g/mol. The Bertz CT molecular complexity index is 1210. The maximum Gasteiger partial charge on any atom is 0.418 e. The Kier molecular flexibility index (Phi) is 8.51. The van der Waals surface area contributed by atoms with Crippen molar-refractivity contribution < 1.29 is 40.6 Å². The van der Waals surface area contributed by atoms with Crippen LogP contribution in [0, 0.1) is 0 Å². The summed E-state index contributed by atoms with van der Waals surface area (Å²) in [4.78, 5) is 16.5. The molecule has 0 aliphatic heterocycles. The van der Waals surface area contributed by atoms with Crippen LogP contribution >= 0.6 is 0 Å². The van der Waals surface area contributed by atoms with E-state index in [9.17, 15) is 31.1 Å². The molecule has 0 radical (unpaired) electrons. The van der Waals surface area contributed by atoms with Gasteiger partial charge < -0.3 is 20.1 Å². The van der Waals surface area contributed by atoms with Gasteiger partial charge in [-0.3, -0.25) is 4.98 Å². The Hall–Kier alpha value is -3.96. The zero-order chi connectivity index (χ0) is 27.2. The molecule has 2 N–H and O–H groups in total. The van der Waals surface area contributed by atoms with Crippen LogP contribution in [0.2, 0.25) is 0 Å². The van der Waals surface area contributed by atoms with E-state index in [1.807, 2.05) is 0 Å². The fraction of sp³-hybridized carbons (Fsp3) is 0.280. The lowest BCUT2D eigenvalue weighted by Gasteiger charge is -2.23. The fourth-order valence-electron chi connectivity index (χ4n) is 3.70. The molecule has 37 heavy (non-hydrogen) atoms. The number of nitrogens with one attached hydrogen (secondary N) is 2. The molecule has 0 saturated carbocycles. The average molecular weight is 527 g/mol. The van der Waals surface area contributed by atoms with E-state index in [0.717, 1.165) is 42.6 Å². The van der Waals surface area contributed by atoms with Crippen LogP contribution in [0.25, 0.3) is 0 Å². The molecule has 2 aromatic carbocycles. The van der Waals surface area contributed by atoms with Gasteiger partial charge in [0.2, 0.25) is 0 Å². The second-order valence-corrected chi connectivity index (χ2v) is 7.79. The molecule has 198 valence electrons. The van der Waals surface area contributed by atoms with Gasteiger partial charge in [-0.05, 0) is 47.9 Å². The number of amides is 2.